The highest BCUT2D eigenvalue weighted by atomic mass is 16.6. The molecule has 2 amide bonds. The van der Waals surface area contributed by atoms with E-state index in [-0.39, 0.29) is 59.1 Å². The first-order valence-corrected chi connectivity index (χ1v) is 15.2. The van der Waals surface area contributed by atoms with Gasteiger partial charge in [-0.25, -0.2) is 4.90 Å². The summed E-state index contributed by atoms with van der Waals surface area (Å²) in [5, 5.41) is 34.2. The van der Waals surface area contributed by atoms with Crippen LogP contribution in [0.3, 0.4) is 0 Å². The van der Waals surface area contributed by atoms with E-state index < -0.39 is 56.7 Å². The van der Waals surface area contributed by atoms with Crippen molar-refractivity contribution in [1.29, 1.82) is 0 Å². The van der Waals surface area contributed by atoms with Crippen LogP contribution in [0.4, 0.5) is 22.7 Å². The second-order valence-electron chi connectivity index (χ2n) is 12.8. The van der Waals surface area contributed by atoms with Gasteiger partial charge in [0.2, 0.25) is 11.8 Å². The molecule has 5 aliphatic rings. The lowest BCUT2D eigenvalue weighted by atomic mass is 9.58. The number of rotatable bonds is 5. The number of ketones is 2. The number of benzene rings is 2. The minimum absolute atomic E-state index is 0.00538. The molecule has 14 nitrogen and oxygen atoms in total. The summed E-state index contributed by atoms with van der Waals surface area (Å²) in [6.07, 6.45) is 4.99. The van der Waals surface area contributed by atoms with Crippen molar-refractivity contribution in [1.82, 2.24) is 0 Å². The average molecular weight is 653 g/mol. The maximum atomic E-state index is 14.3. The lowest BCUT2D eigenvalue weighted by Gasteiger charge is -2.43. The Labute approximate surface area is 272 Å². The zero-order valence-corrected chi connectivity index (χ0v) is 26.0. The molecular weight excluding hydrogens is 624 g/mol. The number of allylic oxidation sites excluding steroid dienone is 7. The summed E-state index contributed by atoms with van der Waals surface area (Å²) in [6, 6.07) is 6.64. The van der Waals surface area contributed by atoms with Gasteiger partial charge >= 0.3 is 11.4 Å². The molecule has 0 bridgehead atoms. The number of fused-ring (bicyclic) bond motifs is 4. The number of hydrogen-bond donors (Lipinski definition) is 1. The fourth-order valence-electron chi connectivity index (χ4n) is 7.88. The summed E-state index contributed by atoms with van der Waals surface area (Å²) < 4.78 is 5.90. The van der Waals surface area contributed by atoms with E-state index in [4.69, 9.17) is 4.74 Å². The Morgan fingerprint density at radius 3 is 2.31 bits per heavy atom. The normalized spacial score (nSPS) is 24.5. The number of anilines is 2. The van der Waals surface area contributed by atoms with Crippen LogP contribution in [0, 0.1) is 43.9 Å². The maximum Gasteiger partial charge on any atom is 0.301 e. The van der Waals surface area contributed by atoms with Gasteiger partial charge in [-0.05, 0) is 55.5 Å². The van der Waals surface area contributed by atoms with Crippen LogP contribution in [0.2, 0.25) is 0 Å². The number of carbonyl (C=O) groups excluding carboxylic acids is 4. The van der Waals surface area contributed by atoms with Gasteiger partial charge in [-0.15, -0.1) is 0 Å². The number of amides is 2. The number of nitro groups is 2. The highest BCUT2D eigenvalue weighted by Crippen LogP contribution is 2.55. The molecule has 48 heavy (non-hydrogen) atoms. The zero-order valence-electron chi connectivity index (χ0n) is 26.0. The minimum Gasteiger partial charge on any atom is -0.508 e. The third kappa shape index (κ3) is 4.47. The summed E-state index contributed by atoms with van der Waals surface area (Å²) in [6.45, 7) is 1.56. The van der Waals surface area contributed by atoms with Gasteiger partial charge in [0, 0.05) is 60.8 Å². The number of nitro benzene ring substituents is 2. The highest BCUT2D eigenvalue weighted by molar-refractivity contribution is 6.25. The Hall–Kier alpha value is -5.92. The van der Waals surface area contributed by atoms with E-state index in [0.717, 1.165) is 17.0 Å². The standard InChI is InChI=1S/C34H28N4O10/c1-15-8-26(40)23-13-22-20(28(30(23)32(15)41)17-9-16-10-19(39)4-7-27(16)48-14-17)5-6-21-29(22)34(43)36(33(21)42)18-11-24(37(44)45)31(35(2)3)25(12-18)38(46)47/h4-5,7-8,10-12,14,21-22,28-29,39H,6,9,13H2,1-3H3. The number of ether oxygens (including phenoxy) is 1. The van der Waals surface area contributed by atoms with Crippen molar-refractivity contribution in [3.63, 3.8) is 0 Å². The number of aromatic hydroxyl groups is 1. The number of imide groups is 1. The lowest BCUT2D eigenvalue weighted by molar-refractivity contribution is -0.392. The number of phenolic OH excluding ortho intramolecular Hbond substituents is 1. The largest absolute Gasteiger partial charge is 0.508 e. The van der Waals surface area contributed by atoms with E-state index in [0.29, 0.717) is 28.0 Å². The molecule has 0 saturated carbocycles. The van der Waals surface area contributed by atoms with Crippen molar-refractivity contribution < 1.29 is 38.9 Å². The molecule has 2 heterocycles. The number of carbonyl (C=O) groups is 4. The molecule has 7 rings (SSSR count). The van der Waals surface area contributed by atoms with E-state index >= 15 is 0 Å². The van der Waals surface area contributed by atoms with Crippen LogP contribution < -0.4 is 14.5 Å². The van der Waals surface area contributed by atoms with Gasteiger partial charge in [0.1, 0.15) is 11.5 Å². The first kappa shape index (κ1) is 30.7. The quantitative estimate of drug-likeness (QED) is 0.160. The van der Waals surface area contributed by atoms with Gasteiger partial charge in [0.25, 0.3) is 0 Å². The van der Waals surface area contributed by atoms with Crippen LogP contribution >= 0.6 is 0 Å². The van der Waals surface area contributed by atoms with Crippen LogP contribution in [0.25, 0.3) is 0 Å². The smallest absolute Gasteiger partial charge is 0.301 e. The summed E-state index contributed by atoms with van der Waals surface area (Å²) in [5.74, 6) is -4.86. The molecule has 0 radical (unpaired) electrons. The Morgan fingerprint density at radius 1 is 0.979 bits per heavy atom. The lowest BCUT2D eigenvalue weighted by Crippen LogP contribution is -2.41. The molecule has 1 N–H and O–H groups in total. The van der Waals surface area contributed by atoms with Crippen LogP contribution in [0.5, 0.6) is 11.5 Å². The van der Waals surface area contributed by atoms with E-state index in [1.807, 2.05) is 6.08 Å². The van der Waals surface area contributed by atoms with Crippen LogP contribution in [0.15, 0.2) is 76.6 Å². The molecule has 4 atom stereocenters. The first-order chi connectivity index (χ1) is 22.8. The number of phenols is 1. The fourth-order valence-corrected chi connectivity index (χ4v) is 7.88. The predicted octanol–water partition coefficient (Wildman–Crippen LogP) is 4.26. The average Bonchev–Trinajstić information content (AvgIpc) is 3.30. The molecule has 14 heteroatoms. The summed E-state index contributed by atoms with van der Waals surface area (Å²) >= 11 is 0. The van der Waals surface area contributed by atoms with Crippen molar-refractivity contribution in [2.24, 2.45) is 23.7 Å². The van der Waals surface area contributed by atoms with Crippen molar-refractivity contribution in [2.75, 3.05) is 23.9 Å². The molecule has 3 aliphatic carbocycles. The first-order valence-electron chi connectivity index (χ1n) is 15.2. The van der Waals surface area contributed by atoms with Crippen molar-refractivity contribution >= 4 is 46.1 Å². The third-order valence-electron chi connectivity index (χ3n) is 9.86. The molecule has 1 fully saturated rings. The molecule has 0 spiro atoms. The number of nitrogens with zero attached hydrogens (tertiary/aromatic N) is 4. The topological polar surface area (TPSA) is 190 Å². The van der Waals surface area contributed by atoms with Crippen molar-refractivity contribution in [3.8, 4) is 11.5 Å². The molecule has 4 unspecified atom stereocenters. The summed E-state index contributed by atoms with van der Waals surface area (Å²) in [4.78, 5) is 79.9. The maximum absolute atomic E-state index is 14.3. The van der Waals surface area contributed by atoms with Gasteiger partial charge in [-0.1, -0.05) is 11.6 Å². The number of hydrogen-bond acceptors (Lipinski definition) is 11. The van der Waals surface area contributed by atoms with E-state index in [2.05, 4.69) is 0 Å². The predicted molar refractivity (Wildman–Crippen MR) is 169 cm³/mol. The van der Waals surface area contributed by atoms with Crippen molar-refractivity contribution in [2.45, 2.75) is 26.2 Å². The molecule has 244 valence electrons. The summed E-state index contributed by atoms with van der Waals surface area (Å²) in [5.41, 5.74) is 0.900. The van der Waals surface area contributed by atoms with Gasteiger partial charge in [0.15, 0.2) is 17.3 Å². The number of Topliss-reactive ketones (excluding diaryl/α,β-unsaturated/α-hetero) is 1. The Balaban J connectivity index is 1.33. The minimum atomic E-state index is -1.00. The van der Waals surface area contributed by atoms with Gasteiger partial charge in [-0.3, -0.25) is 39.4 Å². The van der Waals surface area contributed by atoms with Gasteiger partial charge in [0.05, 0.1) is 33.6 Å². The SMILES string of the molecule is CC1=CC(=O)C2=C(C1=O)C(C1=COc3ccc(O)cc3C1)C1=CCC3C(=O)N(c4cc([N+](=O)[O-])c(N(C)C)c([N+](=O)[O-])c4)C(=O)C3C1C2. The third-order valence-corrected chi connectivity index (χ3v) is 9.86. The molecule has 2 aromatic carbocycles. The fraction of sp³-hybridized carbons (Fsp3) is 0.294. The van der Waals surface area contributed by atoms with Crippen LogP contribution in [0.1, 0.15) is 25.3 Å². The molecular formula is C34H28N4O10. The molecule has 1 saturated heterocycles. The van der Waals surface area contributed by atoms with Crippen LogP contribution in [-0.4, -0.2) is 52.4 Å². The Bertz CT molecular complexity index is 2020. The molecule has 0 aromatic heterocycles. The Kier molecular flexibility index (Phi) is 6.93. The van der Waals surface area contributed by atoms with E-state index in [9.17, 15) is 44.5 Å². The van der Waals surface area contributed by atoms with E-state index in [1.165, 1.54) is 37.4 Å². The van der Waals surface area contributed by atoms with Crippen LogP contribution in [-0.2, 0) is 25.6 Å². The second kappa shape index (κ2) is 10.8. The zero-order chi connectivity index (χ0) is 34.3. The second-order valence-corrected chi connectivity index (χ2v) is 12.8. The Morgan fingerprint density at radius 2 is 1.67 bits per heavy atom. The van der Waals surface area contributed by atoms with Gasteiger partial charge in [-0.2, -0.15) is 0 Å². The summed E-state index contributed by atoms with van der Waals surface area (Å²) in [7, 11) is 2.82. The monoisotopic (exact) mass is 652 g/mol. The molecule has 2 aliphatic heterocycles. The van der Waals surface area contributed by atoms with Gasteiger partial charge < -0.3 is 14.7 Å². The van der Waals surface area contributed by atoms with Crippen molar-refractivity contribution in [3.05, 3.63) is 102 Å². The van der Waals surface area contributed by atoms with E-state index in [1.54, 1.807) is 19.1 Å². The highest BCUT2D eigenvalue weighted by Gasteiger charge is 2.57. The molecule has 2 aromatic rings.